The van der Waals surface area contributed by atoms with Gasteiger partial charge < -0.3 is 10.0 Å². The molecule has 1 atom stereocenters. The molecule has 34 heavy (non-hydrogen) atoms. The number of hydrogen-bond donors (Lipinski definition) is 2. The number of aryl methyl sites for hydroxylation is 1. The molecule has 2 aromatic heterocycles. The zero-order chi connectivity index (χ0) is 25.0. The summed E-state index contributed by atoms with van der Waals surface area (Å²) in [5, 5.41) is 10.9. The molecule has 8 nitrogen and oxygen atoms in total. The Bertz CT molecular complexity index is 1280. The maximum atomic E-state index is 14.0. The molecule has 2 heterocycles. The molecule has 0 fully saturated rings. The SMILES string of the molecule is CCCn1c(=O)[nH]c(=O)c2c(C(=O)N(Cc3ccccc3)CC(C)(O)CC)cc(C(C)C)nc21. The average molecular weight is 467 g/mol. The molecule has 3 aromatic rings. The summed E-state index contributed by atoms with van der Waals surface area (Å²) in [5.74, 6) is -0.416. The third-order valence-corrected chi connectivity index (χ3v) is 6.03. The van der Waals surface area contributed by atoms with Gasteiger partial charge in [0.1, 0.15) is 0 Å². The lowest BCUT2D eigenvalue weighted by molar-refractivity contribution is 0.0136. The van der Waals surface area contributed by atoms with E-state index in [1.165, 1.54) is 4.57 Å². The average Bonchev–Trinajstić information content (AvgIpc) is 2.80. The minimum Gasteiger partial charge on any atom is -0.388 e. The number of pyridine rings is 1. The molecule has 2 N–H and O–H groups in total. The topological polar surface area (TPSA) is 108 Å². The van der Waals surface area contributed by atoms with Crippen LogP contribution >= 0.6 is 0 Å². The molecule has 1 aromatic carbocycles. The number of aromatic nitrogens is 3. The zero-order valence-corrected chi connectivity index (χ0v) is 20.6. The Hall–Kier alpha value is -3.26. The van der Waals surface area contributed by atoms with E-state index in [9.17, 15) is 19.5 Å². The molecule has 3 rings (SSSR count). The number of H-pyrrole nitrogens is 1. The molecule has 0 aliphatic heterocycles. The molecule has 0 saturated carbocycles. The second-order valence-corrected chi connectivity index (χ2v) is 9.36. The molecular formula is C26H34N4O4. The summed E-state index contributed by atoms with van der Waals surface area (Å²) >= 11 is 0. The number of hydrogen-bond acceptors (Lipinski definition) is 5. The van der Waals surface area contributed by atoms with Gasteiger partial charge >= 0.3 is 5.69 Å². The maximum absolute atomic E-state index is 14.0. The second-order valence-electron chi connectivity index (χ2n) is 9.36. The molecule has 1 amide bonds. The first kappa shape index (κ1) is 25.4. The summed E-state index contributed by atoms with van der Waals surface area (Å²) < 4.78 is 1.42. The van der Waals surface area contributed by atoms with Crippen LogP contribution in [0.2, 0.25) is 0 Å². The highest BCUT2D eigenvalue weighted by molar-refractivity contribution is 6.05. The van der Waals surface area contributed by atoms with Crippen molar-refractivity contribution in [2.45, 2.75) is 72.1 Å². The number of nitrogens with zero attached hydrogens (tertiary/aromatic N) is 3. The highest BCUT2D eigenvalue weighted by atomic mass is 16.3. The first-order chi connectivity index (χ1) is 16.1. The van der Waals surface area contributed by atoms with E-state index in [0.717, 1.165) is 5.56 Å². The Morgan fingerprint density at radius 2 is 1.88 bits per heavy atom. The van der Waals surface area contributed by atoms with Crippen LogP contribution in [-0.2, 0) is 13.1 Å². The summed E-state index contributed by atoms with van der Waals surface area (Å²) in [4.78, 5) is 48.0. The molecule has 0 saturated heterocycles. The van der Waals surface area contributed by atoms with Gasteiger partial charge in [-0.1, -0.05) is 58.0 Å². The number of carbonyl (C=O) groups is 1. The normalized spacial score (nSPS) is 13.3. The Labute approximate surface area is 199 Å². The van der Waals surface area contributed by atoms with E-state index in [2.05, 4.69) is 9.97 Å². The first-order valence-corrected chi connectivity index (χ1v) is 11.8. The van der Waals surface area contributed by atoms with E-state index >= 15 is 0 Å². The van der Waals surface area contributed by atoms with Gasteiger partial charge in [0, 0.05) is 25.3 Å². The number of aromatic amines is 1. The largest absolute Gasteiger partial charge is 0.388 e. The van der Waals surface area contributed by atoms with Crippen molar-refractivity contribution in [1.82, 2.24) is 19.4 Å². The highest BCUT2D eigenvalue weighted by Gasteiger charge is 2.29. The van der Waals surface area contributed by atoms with Crippen LogP contribution < -0.4 is 11.2 Å². The van der Waals surface area contributed by atoms with Crippen molar-refractivity contribution >= 4 is 16.9 Å². The van der Waals surface area contributed by atoms with E-state index < -0.39 is 16.9 Å². The number of amides is 1. The molecule has 182 valence electrons. The van der Waals surface area contributed by atoms with Gasteiger partial charge in [0.05, 0.1) is 16.6 Å². The van der Waals surface area contributed by atoms with Crippen LogP contribution in [0.15, 0.2) is 46.0 Å². The first-order valence-electron chi connectivity index (χ1n) is 11.8. The van der Waals surface area contributed by atoms with E-state index in [1.54, 1.807) is 17.9 Å². The summed E-state index contributed by atoms with van der Waals surface area (Å²) in [6.07, 6.45) is 1.12. The number of fused-ring (bicyclic) bond motifs is 1. The lowest BCUT2D eigenvalue weighted by Crippen LogP contribution is -2.43. The van der Waals surface area contributed by atoms with Gasteiger partial charge in [-0.25, -0.2) is 9.78 Å². The third kappa shape index (κ3) is 5.44. The lowest BCUT2D eigenvalue weighted by Gasteiger charge is -2.31. The predicted molar refractivity (Wildman–Crippen MR) is 133 cm³/mol. The van der Waals surface area contributed by atoms with Gasteiger partial charge in [-0.3, -0.25) is 19.1 Å². The van der Waals surface area contributed by atoms with E-state index in [-0.39, 0.29) is 41.5 Å². The summed E-state index contributed by atoms with van der Waals surface area (Å²) in [7, 11) is 0. The minimum atomic E-state index is -1.11. The van der Waals surface area contributed by atoms with Gasteiger partial charge in [0.25, 0.3) is 11.5 Å². The second kappa shape index (κ2) is 10.3. The zero-order valence-electron chi connectivity index (χ0n) is 20.6. The van der Waals surface area contributed by atoms with Gasteiger partial charge in [-0.2, -0.15) is 0 Å². The summed E-state index contributed by atoms with van der Waals surface area (Å²) in [6, 6.07) is 11.2. The number of benzene rings is 1. The lowest BCUT2D eigenvalue weighted by atomic mass is 10.00. The fraction of sp³-hybridized carbons (Fsp3) is 0.462. The van der Waals surface area contributed by atoms with E-state index in [4.69, 9.17) is 0 Å². The van der Waals surface area contributed by atoms with Crippen molar-refractivity contribution in [3.63, 3.8) is 0 Å². The van der Waals surface area contributed by atoms with Crippen molar-refractivity contribution < 1.29 is 9.90 Å². The number of nitrogens with one attached hydrogen (secondary N) is 1. The van der Waals surface area contributed by atoms with Crippen LogP contribution in [0.4, 0.5) is 0 Å². The van der Waals surface area contributed by atoms with Crippen LogP contribution in [0.1, 0.15) is 75.0 Å². The van der Waals surface area contributed by atoms with Crippen molar-refractivity contribution in [2.24, 2.45) is 0 Å². The predicted octanol–water partition coefficient (Wildman–Crippen LogP) is 3.42. The molecule has 0 radical (unpaired) electrons. The third-order valence-electron chi connectivity index (χ3n) is 6.03. The molecule has 0 spiro atoms. The van der Waals surface area contributed by atoms with Gasteiger partial charge in [0.2, 0.25) is 0 Å². The van der Waals surface area contributed by atoms with Crippen LogP contribution in [-0.4, -0.2) is 42.6 Å². The Kier molecular flexibility index (Phi) is 7.71. The highest BCUT2D eigenvalue weighted by Crippen LogP contribution is 2.23. The standard InChI is InChI=1S/C26H34N4O4/c1-6-13-30-22-21(23(31)28-25(30)33)19(14-20(27-22)17(3)4)24(32)29(16-26(5,34)7-2)15-18-11-9-8-10-12-18/h8-12,14,17,34H,6-7,13,15-16H2,1-5H3,(H,28,31,33). The van der Waals surface area contributed by atoms with E-state index in [0.29, 0.717) is 25.1 Å². The Balaban J connectivity index is 2.25. The fourth-order valence-electron chi connectivity index (χ4n) is 3.89. The Morgan fingerprint density at radius 1 is 1.21 bits per heavy atom. The maximum Gasteiger partial charge on any atom is 0.329 e. The molecule has 0 aliphatic rings. The molecule has 8 heteroatoms. The molecule has 0 bridgehead atoms. The van der Waals surface area contributed by atoms with Crippen molar-refractivity contribution in [1.29, 1.82) is 0 Å². The smallest absolute Gasteiger partial charge is 0.329 e. The number of aliphatic hydroxyl groups is 1. The molecule has 1 unspecified atom stereocenters. The minimum absolute atomic E-state index is 0.0262. The van der Waals surface area contributed by atoms with Gasteiger partial charge in [0.15, 0.2) is 5.65 Å². The summed E-state index contributed by atoms with van der Waals surface area (Å²) in [6.45, 7) is 10.1. The molecule has 0 aliphatic carbocycles. The van der Waals surface area contributed by atoms with Gasteiger partial charge in [-0.15, -0.1) is 0 Å². The molecular weight excluding hydrogens is 432 g/mol. The van der Waals surface area contributed by atoms with Crippen LogP contribution in [0.25, 0.3) is 11.0 Å². The van der Waals surface area contributed by atoms with Crippen LogP contribution in [0.3, 0.4) is 0 Å². The monoisotopic (exact) mass is 466 g/mol. The summed E-state index contributed by atoms with van der Waals surface area (Å²) in [5.41, 5.74) is -0.365. The number of carbonyl (C=O) groups excluding carboxylic acids is 1. The van der Waals surface area contributed by atoms with E-state index in [1.807, 2.05) is 58.0 Å². The van der Waals surface area contributed by atoms with Crippen molar-refractivity contribution in [3.05, 3.63) is 74.1 Å². The van der Waals surface area contributed by atoms with Crippen molar-refractivity contribution in [3.8, 4) is 0 Å². The fourth-order valence-corrected chi connectivity index (χ4v) is 3.89. The van der Waals surface area contributed by atoms with Crippen LogP contribution in [0.5, 0.6) is 0 Å². The van der Waals surface area contributed by atoms with Gasteiger partial charge in [-0.05, 0) is 37.3 Å². The van der Waals surface area contributed by atoms with Crippen LogP contribution in [0, 0.1) is 0 Å². The Morgan fingerprint density at radius 3 is 2.47 bits per heavy atom. The van der Waals surface area contributed by atoms with Crippen molar-refractivity contribution in [2.75, 3.05) is 6.54 Å². The quantitative estimate of drug-likeness (QED) is 0.502. The number of rotatable bonds is 9.